The molecular formula is C14H21ClN4O3. The Labute approximate surface area is 134 Å². The van der Waals surface area contributed by atoms with E-state index in [0.717, 1.165) is 25.9 Å². The number of nitrogens with zero attached hydrogens (tertiary/aromatic N) is 2. The number of nitrogens with one attached hydrogen (secondary N) is 1. The second kappa shape index (κ2) is 9.97. The number of hydrogen-bond acceptors (Lipinski definition) is 5. The highest BCUT2D eigenvalue weighted by molar-refractivity contribution is 6.32. The number of pyridine rings is 1. The van der Waals surface area contributed by atoms with Crippen LogP contribution in [0.4, 0.5) is 10.5 Å². The molecule has 0 unspecified atom stereocenters. The van der Waals surface area contributed by atoms with Crippen molar-refractivity contribution in [2.45, 2.75) is 25.8 Å². The zero-order chi connectivity index (χ0) is 16.4. The molecule has 22 heavy (non-hydrogen) atoms. The van der Waals surface area contributed by atoms with Crippen LogP contribution in [0.3, 0.4) is 0 Å². The molecule has 0 radical (unpaired) electrons. The first-order valence-electron chi connectivity index (χ1n) is 7.07. The Bertz CT molecular complexity index is 481. The van der Waals surface area contributed by atoms with Gasteiger partial charge in [0.05, 0.1) is 12.3 Å². The number of rotatable bonds is 4. The first kappa shape index (κ1) is 18.2. The highest BCUT2D eigenvalue weighted by atomic mass is 35.5. The van der Waals surface area contributed by atoms with Crippen molar-refractivity contribution in [3.63, 3.8) is 0 Å². The predicted molar refractivity (Wildman–Crippen MR) is 84.9 cm³/mol. The zero-order valence-corrected chi connectivity index (χ0v) is 13.3. The van der Waals surface area contributed by atoms with Gasteiger partial charge in [0, 0.05) is 12.2 Å². The summed E-state index contributed by atoms with van der Waals surface area (Å²) in [6.45, 7) is 4.43. The molecule has 2 rings (SSSR count). The number of urea groups is 1. The van der Waals surface area contributed by atoms with Crippen molar-refractivity contribution in [2.24, 2.45) is 5.73 Å². The molecule has 1 aromatic heterocycles. The highest BCUT2D eigenvalue weighted by Crippen LogP contribution is 2.27. The molecule has 3 N–H and O–H groups in total. The minimum Gasteiger partial charge on any atom is -0.468 e. The third-order valence-corrected chi connectivity index (χ3v) is 3.44. The molecule has 0 atom stereocenters. The summed E-state index contributed by atoms with van der Waals surface area (Å²) in [6, 6.07) is 3.13. The van der Waals surface area contributed by atoms with Crippen LogP contribution in [0.15, 0.2) is 18.3 Å². The lowest BCUT2D eigenvalue weighted by Gasteiger charge is -2.33. The molecular weight excluding hydrogens is 308 g/mol. The van der Waals surface area contributed by atoms with E-state index < -0.39 is 6.03 Å². The van der Waals surface area contributed by atoms with Gasteiger partial charge in [-0.05, 0) is 45.0 Å². The number of ether oxygens (including phenoxy) is 1. The van der Waals surface area contributed by atoms with Gasteiger partial charge in [0.25, 0.3) is 6.47 Å². The fourth-order valence-electron chi connectivity index (χ4n) is 2.19. The molecule has 0 aliphatic carbocycles. The third kappa shape index (κ3) is 5.50. The van der Waals surface area contributed by atoms with Crippen LogP contribution in [0.25, 0.3) is 0 Å². The quantitative estimate of drug-likeness (QED) is 0.645. The molecule has 0 saturated carbocycles. The van der Waals surface area contributed by atoms with E-state index in [2.05, 4.69) is 15.0 Å². The Morgan fingerprint density at radius 3 is 2.73 bits per heavy atom. The summed E-state index contributed by atoms with van der Waals surface area (Å²) >= 11 is 6.01. The normalized spacial score (nSPS) is 14.5. The van der Waals surface area contributed by atoms with Crippen molar-refractivity contribution < 1.29 is 14.3 Å². The van der Waals surface area contributed by atoms with Crippen LogP contribution in [0.1, 0.15) is 19.8 Å². The van der Waals surface area contributed by atoms with E-state index in [1.807, 2.05) is 0 Å². The van der Waals surface area contributed by atoms with Crippen molar-refractivity contribution in [3.05, 3.63) is 23.5 Å². The Kier molecular flexibility index (Phi) is 8.24. The minimum atomic E-state index is -0.480. The highest BCUT2D eigenvalue weighted by Gasteiger charge is 2.26. The van der Waals surface area contributed by atoms with Gasteiger partial charge in [-0.3, -0.25) is 9.69 Å². The van der Waals surface area contributed by atoms with Crippen LogP contribution in [0.5, 0.6) is 0 Å². The van der Waals surface area contributed by atoms with E-state index in [1.54, 1.807) is 30.2 Å². The molecule has 1 saturated heterocycles. The molecule has 0 spiro atoms. The summed E-state index contributed by atoms with van der Waals surface area (Å²) < 4.78 is 4.15. The Morgan fingerprint density at radius 1 is 1.59 bits per heavy atom. The van der Waals surface area contributed by atoms with Crippen LogP contribution < -0.4 is 16.0 Å². The topological polar surface area (TPSA) is 97.5 Å². The van der Waals surface area contributed by atoms with E-state index in [4.69, 9.17) is 17.3 Å². The zero-order valence-electron chi connectivity index (χ0n) is 12.5. The van der Waals surface area contributed by atoms with Crippen LogP contribution in [-0.2, 0) is 9.53 Å². The number of carbonyl (C=O) groups is 2. The molecule has 7 nitrogen and oxygen atoms in total. The predicted octanol–water partition coefficient (Wildman–Crippen LogP) is 1.55. The fourth-order valence-corrected chi connectivity index (χ4v) is 2.40. The lowest BCUT2D eigenvalue weighted by Crippen LogP contribution is -2.48. The van der Waals surface area contributed by atoms with Crippen molar-refractivity contribution >= 4 is 29.8 Å². The molecule has 0 bridgehead atoms. The maximum atomic E-state index is 11.6. The van der Waals surface area contributed by atoms with Crippen molar-refractivity contribution in [1.29, 1.82) is 0 Å². The Hall–Kier alpha value is -1.86. The number of halogens is 1. The third-order valence-electron chi connectivity index (χ3n) is 3.14. The Morgan fingerprint density at radius 2 is 2.27 bits per heavy atom. The van der Waals surface area contributed by atoms with Crippen molar-refractivity contribution in [3.8, 4) is 0 Å². The molecule has 1 aliphatic rings. The smallest absolute Gasteiger partial charge is 0.319 e. The SMILES string of the molecule is CCOC=O.NC(=O)N(c1cccnc1Cl)C1CCNCC1. The molecule has 1 aromatic rings. The molecule has 0 aromatic carbocycles. The van der Waals surface area contributed by atoms with E-state index in [-0.39, 0.29) is 6.04 Å². The molecule has 1 aliphatic heterocycles. The van der Waals surface area contributed by atoms with E-state index in [1.165, 1.54) is 0 Å². The lowest BCUT2D eigenvalue weighted by atomic mass is 10.0. The molecule has 8 heteroatoms. The maximum Gasteiger partial charge on any atom is 0.319 e. The molecule has 1 fully saturated rings. The second-order valence-electron chi connectivity index (χ2n) is 4.55. The van der Waals surface area contributed by atoms with Crippen molar-refractivity contribution in [2.75, 3.05) is 24.6 Å². The number of nitrogens with two attached hydrogens (primary N) is 1. The summed E-state index contributed by atoms with van der Waals surface area (Å²) in [6.07, 6.45) is 3.33. The number of anilines is 1. The standard InChI is InChI=1S/C11H15ClN4O.C3H6O2/c12-10-9(2-1-5-15-10)16(11(13)17)8-3-6-14-7-4-8;1-2-5-3-4/h1-2,5,8,14H,3-4,6-7H2,(H2,13,17);3H,2H2,1H3. The van der Waals surface area contributed by atoms with Gasteiger partial charge < -0.3 is 15.8 Å². The van der Waals surface area contributed by atoms with Gasteiger partial charge in [-0.2, -0.15) is 0 Å². The number of aromatic nitrogens is 1. The van der Waals surface area contributed by atoms with Gasteiger partial charge in [0.2, 0.25) is 0 Å². The van der Waals surface area contributed by atoms with Gasteiger partial charge in [-0.25, -0.2) is 9.78 Å². The largest absolute Gasteiger partial charge is 0.468 e. The maximum absolute atomic E-state index is 11.6. The van der Waals surface area contributed by atoms with Gasteiger partial charge in [-0.15, -0.1) is 0 Å². The van der Waals surface area contributed by atoms with Gasteiger partial charge in [-0.1, -0.05) is 11.6 Å². The van der Waals surface area contributed by atoms with E-state index in [0.29, 0.717) is 23.9 Å². The summed E-state index contributed by atoms with van der Waals surface area (Å²) in [5, 5.41) is 3.56. The molecule has 122 valence electrons. The molecule has 2 amide bonds. The second-order valence-corrected chi connectivity index (χ2v) is 4.91. The number of hydrogen-bond donors (Lipinski definition) is 2. The first-order chi connectivity index (χ1) is 10.6. The average Bonchev–Trinajstić information content (AvgIpc) is 2.52. The Balaban J connectivity index is 0.000000422. The van der Waals surface area contributed by atoms with Gasteiger partial charge in [0.15, 0.2) is 5.15 Å². The van der Waals surface area contributed by atoms with Crippen LogP contribution >= 0.6 is 11.6 Å². The minimum absolute atomic E-state index is 0.0930. The van der Waals surface area contributed by atoms with Crippen LogP contribution in [0, 0.1) is 0 Å². The summed E-state index contributed by atoms with van der Waals surface area (Å²) in [4.78, 5) is 26.3. The fraction of sp³-hybridized carbons (Fsp3) is 0.500. The van der Waals surface area contributed by atoms with Crippen molar-refractivity contribution in [1.82, 2.24) is 10.3 Å². The van der Waals surface area contributed by atoms with Gasteiger partial charge >= 0.3 is 6.03 Å². The number of amides is 2. The van der Waals surface area contributed by atoms with Gasteiger partial charge in [0.1, 0.15) is 0 Å². The van der Waals surface area contributed by atoms with Crippen LogP contribution in [0.2, 0.25) is 5.15 Å². The monoisotopic (exact) mass is 328 g/mol. The first-order valence-corrected chi connectivity index (χ1v) is 7.44. The summed E-state index contributed by atoms with van der Waals surface area (Å²) in [5.74, 6) is 0. The van der Waals surface area contributed by atoms with E-state index >= 15 is 0 Å². The number of primary amides is 1. The average molecular weight is 329 g/mol. The van der Waals surface area contributed by atoms with E-state index in [9.17, 15) is 9.59 Å². The number of carbonyl (C=O) groups excluding carboxylic acids is 2. The summed E-state index contributed by atoms with van der Waals surface area (Å²) in [7, 11) is 0. The van der Waals surface area contributed by atoms with Crippen LogP contribution in [-0.4, -0.2) is 43.2 Å². The number of piperidine rings is 1. The summed E-state index contributed by atoms with van der Waals surface area (Å²) in [5.41, 5.74) is 6.04. The lowest BCUT2D eigenvalue weighted by molar-refractivity contribution is -0.128. The molecule has 2 heterocycles.